The van der Waals surface area contributed by atoms with E-state index < -0.39 is 4.92 Å². The van der Waals surface area contributed by atoms with Crippen LogP contribution in [-0.2, 0) is 6.42 Å². The molecule has 0 unspecified atom stereocenters. The van der Waals surface area contributed by atoms with E-state index in [4.69, 9.17) is 4.74 Å². The first kappa shape index (κ1) is 14.6. The van der Waals surface area contributed by atoms with Crippen molar-refractivity contribution in [3.05, 3.63) is 58.1 Å². The summed E-state index contributed by atoms with van der Waals surface area (Å²) in [6, 6.07) is 11.6. The molecule has 0 fully saturated rings. The normalized spacial score (nSPS) is 10.1. The minimum atomic E-state index is -0.439. The molecule has 0 aromatic heterocycles. The third-order valence-electron chi connectivity index (χ3n) is 3.07. The smallest absolute Gasteiger partial charge is 0.296 e. The highest BCUT2D eigenvalue weighted by molar-refractivity contribution is 5.63. The number of nitrogens with zero attached hydrogens (tertiary/aromatic N) is 1. The van der Waals surface area contributed by atoms with Gasteiger partial charge in [0.15, 0.2) is 0 Å². The highest BCUT2D eigenvalue weighted by Crippen LogP contribution is 2.28. The van der Waals surface area contributed by atoms with E-state index >= 15 is 0 Å². The van der Waals surface area contributed by atoms with Crippen molar-refractivity contribution in [2.24, 2.45) is 0 Å². The summed E-state index contributed by atoms with van der Waals surface area (Å²) in [4.78, 5) is 10.6. The van der Waals surface area contributed by atoms with Crippen LogP contribution in [0.1, 0.15) is 5.56 Å². The Labute approximate surface area is 122 Å². The van der Waals surface area contributed by atoms with Crippen LogP contribution in [0.4, 0.5) is 11.4 Å². The maximum Gasteiger partial charge on any atom is 0.296 e. The summed E-state index contributed by atoms with van der Waals surface area (Å²) in [5.41, 5.74) is 1.48. The number of nitro benzene ring substituents is 1. The van der Waals surface area contributed by atoms with E-state index in [9.17, 15) is 15.2 Å². The van der Waals surface area contributed by atoms with Crippen LogP contribution in [0, 0.1) is 10.1 Å². The van der Waals surface area contributed by atoms with E-state index in [0.29, 0.717) is 24.4 Å². The molecule has 110 valence electrons. The molecule has 0 aliphatic carbocycles. The minimum absolute atomic E-state index is 0.0138. The summed E-state index contributed by atoms with van der Waals surface area (Å²) < 4.78 is 4.99. The van der Waals surface area contributed by atoms with Gasteiger partial charge >= 0.3 is 0 Å². The van der Waals surface area contributed by atoms with Crippen LogP contribution < -0.4 is 10.1 Å². The van der Waals surface area contributed by atoms with Gasteiger partial charge in [-0.2, -0.15) is 0 Å². The van der Waals surface area contributed by atoms with E-state index in [1.54, 1.807) is 24.3 Å². The number of ether oxygens (including phenoxy) is 1. The van der Waals surface area contributed by atoms with Gasteiger partial charge < -0.3 is 15.2 Å². The van der Waals surface area contributed by atoms with Crippen LogP contribution in [0.5, 0.6) is 11.5 Å². The van der Waals surface area contributed by atoms with Gasteiger partial charge in [-0.15, -0.1) is 0 Å². The second-order valence-electron chi connectivity index (χ2n) is 4.48. The highest BCUT2D eigenvalue weighted by Gasteiger charge is 2.14. The van der Waals surface area contributed by atoms with Crippen molar-refractivity contribution in [2.75, 3.05) is 19.0 Å². The summed E-state index contributed by atoms with van der Waals surface area (Å²) in [5, 5.41) is 23.3. The topological polar surface area (TPSA) is 84.6 Å². The molecule has 0 aliphatic rings. The predicted molar refractivity (Wildman–Crippen MR) is 79.9 cm³/mol. The second kappa shape index (κ2) is 6.60. The lowest BCUT2D eigenvalue weighted by Crippen LogP contribution is -2.07. The number of methoxy groups -OCH3 is 1. The molecule has 0 heterocycles. The van der Waals surface area contributed by atoms with E-state index in [-0.39, 0.29) is 11.4 Å². The summed E-state index contributed by atoms with van der Waals surface area (Å²) in [6.45, 7) is 0.554. The zero-order valence-electron chi connectivity index (χ0n) is 11.6. The van der Waals surface area contributed by atoms with E-state index in [1.165, 1.54) is 13.2 Å². The van der Waals surface area contributed by atoms with Crippen molar-refractivity contribution in [1.29, 1.82) is 0 Å². The Morgan fingerprint density at radius 3 is 2.57 bits per heavy atom. The standard InChI is InChI=1S/C15H16N2O4/c1-21-13-6-7-14(15(10-13)17(19)20)16-9-8-11-2-4-12(18)5-3-11/h2-7,10,16,18H,8-9H2,1H3. The number of hydrogen-bond acceptors (Lipinski definition) is 5. The number of anilines is 1. The summed E-state index contributed by atoms with van der Waals surface area (Å²) in [7, 11) is 1.47. The molecule has 6 nitrogen and oxygen atoms in total. The van der Waals surface area contributed by atoms with E-state index in [1.807, 2.05) is 12.1 Å². The molecular formula is C15H16N2O4. The number of hydrogen-bond donors (Lipinski definition) is 2. The van der Waals surface area contributed by atoms with Crippen molar-refractivity contribution in [3.8, 4) is 11.5 Å². The molecule has 0 spiro atoms. The molecule has 0 atom stereocenters. The molecule has 0 saturated carbocycles. The average molecular weight is 288 g/mol. The predicted octanol–water partition coefficient (Wildman–Crippen LogP) is 2.96. The highest BCUT2D eigenvalue weighted by atomic mass is 16.6. The Hall–Kier alpha value is -2.76. The van der Waals surface area contributed by atoms with Gasteiger partial charge in [0.2, 0.25) is 0 Å². The molecule has 0 saturated heterocycles. The van der Waals surface area contributed by atoms with Crippen LogP contribution in [0.2, 0.25) is 0 Å². The fourth-order valence-corrected chi connectivity index (χ4v) is 1.94. The molecule has 2 aromatic rings. The number of phenolic OH excluding ortho intramolecular Hbond substituents is 1. The number of aromatic hydroxyl groups is 1. The van der Waals surface area contributed by atoms with Crippen LogP contribution in [-0.4, -0.2) is 23.7 Å². The van der Waals surface area contributed by atoms with Crippen LogP contribution >= 0.6 is 0 Å². The monoisotopic (exact) mass is 288 g/mol. The van der Waals surface area contributed by atoms with E-state index in [2.05, 4.69) is 5.32 Å². The number of phenols is 1. The van der Waals surface area contributed by atoms with Crippen molar-refractivity contribution in [2.45, 2.75) is 6.42 Å². The molecule has 2 rings (SSSR count). The first-order valence-corrected chi connectivity index (χ1v) is 6.44. The third-order valence-corrected chi connectivity index (χ3v) is 3.07. The van der Waals surface area contributed by atoms with Gasteiger partial charge in [0.25, 0.3) is 5.69 Å². The fraction of sp³-hybridized carbons (Fsp3) is 0.200. The van der Waals surface area contributed by atoms with Gasteiger partial charge in [-0.3, -0.25) is 10.1 Å². The third kappa shape index (κ3) is 3.85. The van der Waals surface area contributed by atoms with Crippen molar-refractivity contribution >= 4 is 11.4 Å². The van der Waals surface area contributed by atoms with Gasteiger partial charge in [-0.05, 0) is 36.2 Å². The zero-order chi connectivity index (χ0) is 15.2. The Balaban J connectivity index is 2.02. The van der Waals surface area contributed by atoms with Gasteiger partial charge in [0, 0.05) is 6.54 Å². The SMILES string of the molecule is COc1ccc(NCCc2ccc(O)cc2)c([N+](=O)[O-])c1. The van der Waals surface area contributed by atoms with Crippen LogP contribution in [0.3, 0.4) is 0 Å². The quantitative estimate of drug-likeness (QED) is 0.630. The summed E-state index contributed by atoms with van der Waals surface area (Å²) >= 11 is 0. The molecular weight excluding hydrogens is 272 g/mol. The molecule has 2 N–H and O–H groups in total. The number of nitro groups is 1. The first-order chi connectivity index (χ1) is 10.1. The average Bonchev–Trinajstić information content (AvgIpc) is 2.49. The first-order valence-electron chi connectivity index (χ1n) is 6.44. The lowest BCUT2D eigenvalue weighted by molar-refractivity contribution is -0.384. The fourth-order valence-electron chi connectivity index (χ4n) is 1.94. The lowest BCUT2D eigenvalue weighted by atomic mass is 10.1. The number of nitrogens with one attached hydrogen (secondary N) is 1. The van der Waals surface area contributed by atoms with E-state index in [0.717, 1.165) is 5.56 Å². The Bertz CT molecular complexity index is 626. The molecule has 21 heavy (non-hydrogen) atoms. The van der Waals surface area contributed by atoms with Gasteiger partial charge in [-0.25, -0.2) is 0 Å². The van der Waals surface area contributed by atoms with Crippen molar-refractivity contribution < 1.29 is 14.8 Å². The molecule has 0 radical (unpaired) electrons. The van der Waals surface area contributed by atoms with Gasteiger partial charge in [0.1, 0.15) is 17.2 Å². The Morgan fingerprint density at radius 2 is 1.95 bits per heavy atom. The Kier molecular flexibility index (Phi) is 4.61. The number of benzene rings is 2. The zero-order valence-corrected chi connectivity index (χ0v) is 11.6. The van der Waals surface area contributed by atoms with Gasteiger partial charge in [-0.1, -0.05) is 12.1 Å². The molecule has 0 amide bonds. The van der Waals surface area contributed by atoms with Crippen molar-refractivity contribution in [3.63, 3.8) is 0 Å². The lowest BCUT2D eigenvalue weighted by Gasteiger charge is -2.08. The van der Waals surface area contributed by atoms with Crippen LogP contribution in [0.15, 0.2) is 42.5 Å². The maximum absolute atomic E-state index is 11.0. The molecule has 0 bridgehead atoms. The van der Waals surface area contributed by atoms with Crippen LogP contribution in [0.25, 0.3) is 0 Å². The summed E-state index contributed by atoms with van der Waals surface area (Å²) in [5.74, 6) is 0.670. The Morgan fingerprint density at radius 1 is 1.24 bits per heavy atom. The molecule has 0 aliphatic heterocycles. The molecule has 2 aromatic carbocycles. The maximum atomic E-state index is 11.0. The second-order valence-corrected chi connectivity index (χ2v) is 4.48. The van der Waals surface area contributed by atoms with Gasteiger partial charge in [0.05, 0.1) is 18.1 Å². The number of rotatable bonds is 6. The largest absolute Gasteiger partial charge is 0.508 e. The minimum Gasteiger partial charge on any atom is -0.508 e. The van der Waals surface area contributed by atoms with Crippen molar-refractivity contribution in [1.82, 2.24) is 0 Å². The molecule has 6 heteroatoms. The summed E-state index contributed by atoms with van der Waals surface area (Å²) in [6.07, 6.45) is 0.698.